The number of hydrogen-bond acceptors (Lipinski definition) is 2. The average Bonchev–Trinajstić information content (AvgIpc) is 3.59. The highest BCUT2D eigenvalue weighted by molar-refractivity contribution is 5.69. The van der Waals surface area contributed by atoms with Crippen molar-refractivity contribution >= 4 is 5.97 Å². The summed E-state index contributed by atoms with van der Waals surface area (Å²) in [4.78, 5) is 13.3. The van der Waals surface area contributed by atoms with Crippen LogP contribution in [-0.2, 0) is 9.53 Å². The molecule has 0 aliphatic heterocycles. The predicted molar refractivity (Wildman–Crippen MR) is 269 cm³/mol. The van der Waals surface area contributed by atoms with Gasteiger partial charge in [-0.3, -0.25) is 4.79 Å². The Hall–Kier alpha value is -0.790. The molecule has 0 bridgehead atoms. The fourth-order valence-electron chi connectivity index (χ4n) is 16.7. The van der Waals surface area contributed by atoms with E-state index >= 15 is 0 Å². The first kappa shape index (κ1) is 52.2. The lowest BCUT2D eigenvalue weighted by atomic mass is 9.32. The van der Waals surface area contributed by atoms with E-state index in [-0.39, 0.29) is 17.5 Å². The molecule has 360 valence electrons. The second kappa shape index (κ2) is 24.8. The Kier molecular flexibility index (Phi) is 20.9. The van der Waals surface area contributed by atoms with E-state index < -0.39 is 0 Å². The van der Waals surface area contributed by atoms with E-state index in [0.717, 1.165) is 36.5 Å². The standard InChI is InChI=1S/C60H108O2/c1-10-11-12-13-14-15-16-17-18-19-20-21-22-23-24-25-26-27-28-29-30-31-32-33-34-35-36-37-54(61)62-53-42-44-58(7)51(56(53,4)5)41-45-60(9)52(58)39-38-50-55-49(48(2)3)40-43-57(55,6)46-47-59(50,60)8/h49-53,55H,2,10-47H2,1,3-9H3. The number of carbonyl (C=O) groups is 1. The summed E-state index contributed by atoms with van der Waals surface area (Å²) in [6.07, 6.45) is 52.2. The lowest BCUT2D eigenvalue weighted by Crippen LogP contribution is -2.66. The molecule has 5 aliphatic rings. The van der Waals surface area contributed by atoms with Crippen LogP contribution in [0.3, 0.4) is 0 Å². The first-order valence-electron chi connectivity index (χ1n) is 28.6. The van der Waals surface area contributed by atoms with Gasteiger partial charge in [0.1, 0.15) is 6.10 Å². The second-order valence-corrected chi connectivity index (χ2v) is 25.1. The molecule has 0 aromatic carbocycles. The van der Waals surface area contributed by atoms with Gasteiger partial charge in [-0.05, 0) is 129 Å². The highest BCUT2D eigenvalue weighted by Gasteiger charge is 2.70. The van der Waals surface area contributed by atoms with E-state index in [4.69, 9.17) is 4.74 Å². The Morgan fingerprint density at radius 1 is 0.500 bits per heavy atom. The quantitative estimate of drug-likeness (QED) is 0.0409. The molecule has 5 fully saturated rings. The molecule has 5 rings (SSSR count). The van der Waals surface area contributed by atoms with Gasteiger partial charge in [0.05, 0.1) is 0 Å². The molecule has 0 saturated heterocycles. The third-order valence-corrected chi connectivity index (χ3v) is 20.7. The Morgan fingerprint density at radius 3 is 1.44 bits per heavy atom. The average molecular weight is 862 g/mol. The van der Waals surface area contributed by atoms with E-state index in [2.05, 4.69) is 62.0 Å². The number of ether oxygens (including phenoxy) is 1. The molecule has 10 atom stereocenters. The molecular formula is C60H108O2. The van der Waals surface area contributed by atoms with Gasteiger partial charge >= 0.3 is 5.97 Å². The number of carbonyl (C=O) groups excluding carboxylic acids is 1. The maximum atomic E-state index is 13.3. The Bertz CT molecular complexity index is 1310. The third kappa shape index (κ3) is 12.8. The zero-order valence-electron chi connectivity index (χ0n) is 43.4. The van der Waals surface area contributed by atoms with Crippen LogP contribution in [0.5, 0.6) is 0 Å². The van der Waals surface area contributed by atoms with Crippen LogP contribution in [0.1, 0.15) is 299 Å². The minimum absolute atomic E-state index is 0.0366. The van der Waals surface area contributed by atoms with E-state index in [1.807, 2.05) is 0 Å². The molecule has 0 aromatic heterocycles. The highest BCUT2D eigenvalue weighted by Crippen LogP contribution is 2.77. The van der Waals surface area contributed by atoms with Gasteiger partial charge in [0.2, 0.25) is 0 Å². The van der Waals surface area contributed by atoms with E-state index in [1.54, 1.807) is 0 Å². The fourth-order valence-corrected chi connectivity index (χ4v) is 16.7. The van der Waals surface area contributed by atoms with Crippen LogP contribution >= 0.6 is 0 Å². The van der Waals surface area contributed by atoms with Crippen molar-refractivity contribution in [2.75, 3.05) is 0 Å². The summed E-state index contributed by atoms with van der Waals surface area (Å²) in [5, 5.41) is 0. The van der Waals surface area contributed by atoms with Crippen molar-refractivity contribution < 1.29 is 9.53 Å². The molecule has 2 nitrogen and oxygen atoms in total. The van der Waals surface area contributed by atoms with Crippen LogP contribution in [-0.4, -0.2) is 12.1 Å². The topological polar surface area (TPSA) is 26.3 Å². The third-order valence-electron chi connectivity index (χ3n) is 20.7. The Balaban J connectivity index is 0.865. The minimum atomic E-state index is 0.0366. The number of hydrogen-bond donors (Lipinski definition) is 0. The van der Waals surface area contributed by atoms with Gasteiger partial charge in [0, 0.05) is 11.8 Å². The number of allylic oxidation sites excluding steroid dienone is 1. The van der Waals surface area contributed by atoms with Gasteiger partial charge < -0.3 is 4.74 Å². The summed E-state index contributed by atoms with van der Waals surface area (Å²) < 4.78 is 6.47. The summed E-state index contributed by atoms with van der Waals surface area (Å²) in [7, 11) is 0. The molecule has 62 heavy (non-hydrogen) atoms. The van der Waals surface area contributed by atoms with Gasteiger partial charge in [0.15, 0.2) is 0 Å². The van der Waals surface area contributed by atoms with Gasteiger partial charge in [0.25, 0.3) is 0 Å². The van der Waals surface area contributed by atoms with Gasteiger partial charge in [-0.25, -0.2) is 0 Å². The molecule has 0 radical (unpaired) electrons. The molecule has 0 aromatic rings. The number of rotatable bonds is 30. The fraction of sp³-hybridized carbons (Fsp3) is 0.950. The van der Waals surface area contributed by atoms with Crippen LogP contribution in [0.2, 0.25) is 0 Å². The molecule has 0 heterocycles. The van der Waals surface area contributed by atoms with E-state index in [0.29, 0.717) is 34.0 Å². The lowest BCUT2D eigenvalue weighted by Gasteiger charge is -2.73. The first-order chi connectivity index (χ1) is 29.7. The summed E-state index contributed by atoms with van der Waals surface area (Å²) in [5.74, 6) is 3.89. The van der Waals surface area contributed by atoms with Crippen LogP contribution in [0.4, 0.5) is 0 Å². The molecule has 0 spiro atoms. The minimum Gasteiger partial charge on any atom is -0.462 e. The van der Waals surface area contributed by atoms with E-state index in [1.165, 1.54) is 230 Å². The maximum absolute atomic E-state index is 13.3. The zero-order valence-corrected chi connectivity index (χ0v) is 43.4. The van der Waals surface area contributed by atoms with Crippen molar-refractivity contribution in [1.82, 2.24) is 0 Å². The SMILES string of the molecule is C=C(C)C1CCC2(C)CCC3(C)C(CCC4C5(C)CCC(OC(=O)CCCCCCCCCCCCCCCCCCCCCCCCCCCCC)C(C)(C)C5CCC43C)C12. The van der Waals surface area contributed by atoms with Crippen molar-refractivity contribution in [2.45, 2.75) is 305 Å². The van der Waals surface area contributed by atoms with Gasteiger partial charge in [-0.15, -0.1) is 0 Å². The van der Waals surface area contributed by atoms with Crippen molar-refractivity contribution in [1.29, 1.82) is 0 Å². The maximum Gasteiger partial charge on any atom is 0.306 e. The van der Waals surface area contributed by atoms with Gasteiger partial charge in [-0.2, -0.15) is 0 Å². The summed E-state index contributed by atoms with van der Waals surface area (Å²) in [5.41, 5.74) is 3.17. The van der Waals surface area contributed by atoms with Crippen molar-refractivity contribution in [3.05, 3.63) is 12.2 Å². The van der Waals surface area contributed by atoms with E-state index in [9.17, 15) is 4.79 Å². The summed E-state index contributed by atoms with van der Waals surface area (Å²) in [6, 6.07) is 0. The molecule has 0 amide bonds. The van der Waals surface area contributed by atoms with Crippen LogP contribution < -0.4 is 0 Å². The van der Waals surface area contributed by atoms with Crippen molar-refractivity contribution in [3.63, 3.8) is 0 Å². The molecule has 10 unspecified atom stereocenters. The summed E-state index contributed by atoms with van der Waals surface area (Å²) in [6.45, 7) is 25.0. The van der Waals surface area contributed by atoms with Crippen LogP contribution in [0, 0.1) is 56.7 Å². The predicted octanol–water partition coefficient (Wildman–Crippen LogP) is 19.5. The highest BCUT2D eigenvalue weighted by atomic mass is 16.5. The van der Waals surface area contributed by atoms with Gasteiger partial charge in [-0.1, -0.05) is 228 Å². The van der Waals surface area contributed by atoms with Crippen molar-refractivity contribution in [2.24, 2.45) is 56.7 Å². The lowest BCUT2D eigenvalue weighted by molar-refractivity contribution is -0.249. The zero-order chi connectivity index (χ0) is 44.7. The Labute approximate surface area is 388 Å². The summed E-state index contributed by atoms with van der Waals surface area (Å²) >= 11 is 0. The molecule has 0 N–H and O–H groups in total. The molecular weight excluding hydrogens is 753 g/mol. The van der Waals surface area contributed by atoms with Crippen molar-refractivity contribution in [3.8, 4) is 0 Å². The number of esters is 1. The number of fused-ring (bicyclic) bond motifs is 7. The molecule has 5 saturated carbocycles. The number of unbranched alkanes of at least 4 members (excludes halogenated alkanes) is 26. The molecule has 5 aliphatic carbocycles. The Morgan fingerprint density at radius 2 is 0.968 bits per heavy atom. The van der Waals surface area contributed by atoms with Crippen LogP contribution in [0.15, 0.2) is 12.2 Å². The monoisotopic (exact) mass is 861 g/mol. The largest absolute Gasteiger partial charge is 0.462 e. The first-order valence-corrected chi connectivity index (χ1v) is 28.6. The smallest absolute Gasteiger partial charge is 0.306 e. The molecule has 2 heteroatoms. The second-order valence-electron chi connectivity index (χ2n) is 25.1. The normalized spacial score (nSPS) is 34.8. The van der Waals surface area contributed by atoms with Crippen LogP contribution in [0.25, 0.3) is 0 Å².